The number of carbonyl (C=O) groups is 1. The third kappa shape index (κ3) is 6.10. The molecule has 0 aliphatic heterocycles. The zero-order chi connectivity index (χ0) is 26.2. The lowest BCUT2D eigenvalue weighted by Crippen LogP contribution is -2.20. The van der Waals surface area contributed by atoms with Crippen LogP contribution in [0.25, 0.3) is 17.1 Å². The maximum atomic E-state index is 12.5. The maximum Gasteiger partial charge on any atom is 0.250 e. The van der Waals surface area contributed by atoms with Crippen LogP contribution >= 0.6 is 11.8 Å². The van der Waals surface area contributed by atoms with E-state index in [1.165, 1.54) is 39.3 Å². The summed E-state index contributed by atoms with van der Waals surface area (Å²) in [5.41, 5.74) is 6.22. The van der Waals surface area contributed by atoms with E-state index in [0.29, 0.717) is 33.8 Å². The molecule has 190 valence electrons. The highest BCUT2D eigenvalue weighted by Gasteiger charge is 2.17. The van der Waals surface area contributed by atoms with Gasteiger partial charge in [-0.15, -0.1) is 10.2 Å². The summed E-state index contributed by atoms with van der Waals surface area (Å²) in [6.45, 7) is 2.03. The first-order chi connectivity index (χ1) is 18.0. The van der Waals surface area contributed by atoms with Crippen molar-refractivity contribution in [3.05, 3.63) is 77.9 Å². The molecule has 1 N–H and O–H groups in total. The Labute approximate surface area is 219 Å². The highest BCUT2D eigenvalue weighted by Crippen LogP contribution is 2.37. The van der Waals surface area contributed by atoms with Crippen molar-refractivity contribution in [1.82, 2.24) is 20.2 Å². The summed E-state index contributed by atoms with van der Waals surface area (Å²) in [6, 6.07) is 21.4. The smallest absolute Gasteiger partial charge is 0.250 e. The number of ether oxygens (including phenoxy) is 3. The van der Waals surface area contributed by atoms with Gasteiger partial charge in [0, 0.05) is 16.8 Å². The normalized spacial score (nSPS) is 10.9. The van der Waals surface area contributed by atoms with Crippen molar-refractivity contribution in [3.8, 4) is 34.3 Å². The number of rotatable bonds is 10. The fourth-order valence-corrected chi connectivity index (χ4v) is 4.33. The number of hydrazone groups is 1. The summed E-state index contributed by atoms with van der Waals surface area (Å²) < 4.78 is 18.0. The summed E-state index contributed by atoms with van der Waals surface area (Å²) in [4.78, 5) is 12.5. The lowest BCUT2D eigenvalue weighted by molar-refractivity contribution is -0.118. The molecule has 1 heterocycles. The van der Waals surface area contributed by atoms with Gasteiger partial charge in [0.05, 0.1) is 33.3 Å². The van der Waals surface area contributed by atoms with Crippen LogP contribution in [0.3, 0.4) is 0 Å². The van der Waals surface area contributed by atoms with E-state index >= 15 is 0 Å². The van der Waals surface area contributed by atoms with Crippen LogP contribution in [-0.2, 0) is 4.79 Å². The van der Waals surface area contributed by atoms with Gasteiger partial charge in [0.15, 0.2) is 22.5 Å². The average Bonchev–Trinajstić information content (AvgIpc) is 3.36. The molecule has 0 aliphatic rings. The number of aromatic nitrogens is 3. The van der Waals surface area contributed by atoms with Gasteiger partial charge < -0.3 is 14.2 Å². The minimum atomic E-state index is -0.284. The number of hydrogen-bond acceptors (Lipinski definition) is 8. The molecule has 10 heteroatoms. The highest BCUT2D eigenvalue weighted by atomic mass is 32.2. The van der Waals surface area contributed by atoms with Crippen LogP contribution < -0.4 is 19.6 Å². The second-order valence-corrected chi connectivity index (χ2v) is 8.83. The van der Waals surface area contributed by atoms with Crippen LogP contribution in [0.1, 0.15) is 11.1 Å². The summed E-state index contributed by atoms with van der Waals surface area (Å²) in [5.74, 6) is 1.99. The Bertz CT molecular complexity index is 1360. The van der Waals surface area contributed by atoms with Gasteiger partial charge in [0.25, 0.3) is 5.91 Å². The van der Waals surface area contributed by atoms with Crippen molar-refractivity contribution in [1.29, 1.82) is 0 Å². The van der Waals surface area contributed by atoms with E-state index in [1.807, 2.05) is 66.1 Å². The SMILES string of the molecule is COc1cc(C=NNC(=O)CSc2nnc(-c3ccccc3)n2-c2ccc(C)cc2)cc(OC)c1OC. The van der Waals surface area contributed by atoms with Crippen molar-refractivity contribution in [2.45, 2.75) is 12.1 Å². The molecular formula is C27H27N5O4S. The van der Waals surface area contributed by atoms with Gasteiger partial charge >= 0.3 is 0 Å². The number of aryl methyl sites for hydroxylation is 1. The fraction of sp³-hybridized carbons (Fsp3) is 0.185. The summed E-state index contributed by atoms with van der Waals surface area (Å²) in [6.07, 6.45) is 1.51. The van der Waals surface area contributed by atoms with Gasteiger partial charge in [-0.1, -0.05) is 59.8 Å². The molecule has 4 rings (SSSR count). The number of nitrogens with one attached hydrogen (secondary N) is 1. The standard InChI is InChI=1S/C27H27N5O4S/c1-18-10-12-21(13-11-18)32-26(20-8-6-5-7-9-20)30-31-27(32)37-17-24(33)29-28-16-19-14-22(34-2)25(36-4)23(15-19)35-3/h5-16H,17H2,1-4H3,(H,29,33). The Kier molecular flexibility index (Phi) is 8.42. The number of thioether (sulfide) groups is 1. The third-order valence-electron chi connectivity index (χ3n) is 5.38. The van der Waals surface area contributed by atoms with E-state index < -0.39 is 0 Å². The largest absolute Gasteiger partial charge is 0.493 e. The molecule has 0 saturated carbocycles. The van der Waals surface area contributed by atoms with Gasteiger partial charge in [-0.25, -0.2) is 5.43 Å². The molecule has 0 aliphatic carbocycles. The zero-order valence-electron chi connectivity index (χ0n) is 21.0. The first-order valence-electron chi connectivity index (χ1n) is 11.4. The monoisotopic (exact) mass is 517 g/mol. The number of nitrogens with zero attached hydrogens (tertiary/aromatic N) is 4. The van der Waals surface area contributed by atoms with Crippen LogP contribution in [0.4, 0.5) is 0 Å². The molecule has 1 aromatic heterocycles. The van der Waals surface area contributed by atoms with E-state index in [-0.39, 0.29) is 11.7 Å². The minimum Gasteiger partial charge on any atom is -0.493 e. The summed E-state index contributed by atoms with van der Waals surface area (Å²) >= 11 is 1.28. The Morgan fingerprint density at radius 1 is 0.973 bits per heavy atom. The molecule has 0 saturated heterocycles. The second-order valence-electron chi connectivity index (χ2n) is 7.88. The van der Waals surface area contributed by atoms with Crippen molar-refractivity contribution in [3.63, 3.8) is 0 Å². The van der Waals surface area contributed by atoms with E-state index in [4.69, 9.17) is 14.2 Å². The molecule has 0 spiro atoms. The molecule has 0 radical (unpaired) electrons. The summed E-state index contributed by atoms with van der Waals surface area (Å²) in [7, 11) is 4.61. The van der Waals surface area contributed by atoms with Crippen LogP contribution in [0.15, 0.2) is 77.0 Å². The fourth-order valence-electron chi connectivity index (χ4n) is 3.58. The van der Waals surface area contributed by atoms with E-state index in [0.717, 1.165) is 16.8 Å². The van der Waals surface area contributed by atoms with Gasteiger partial charge in [-0.2, -0.15) is 5.10 Å². The zero-order valence-corrected chi connectivity index (χ0v) is 21.8. The molecule has 0 bridgehead atoms. The van der Waals surface area contributed by atoms with Crippen LogP contribution in [0.5, 0.6) is 17.2 Å². The third-order valence-corrected chi connectivity index (χ3v) is 6.31. The van der Waals surface area contributed by atoms with Crippen molar-refractivity contribution in [2.24, 2.45) is 5.10 Å². The number of methoxy groups -OCH3 is 3. The molecular weight excluding hydrogens is 490 g/mol. The lowest BCUT2D eigenvalue weighted by atomic mass is 10.2. The number of carbonyl (C=O) groups excluding carboxylic acids is 1. The van der Waals surface area contributed by atoms with Gasteiger partial charge in [-0.05, 0) is 31.2 Å². The summed E-state index contributed by atoms with van der Waals surface area (Å²) in [5, 5.41) is 13.4. The van der Waals surface area contributed by atoms with Crippen molar-refractivity contribution < 1.29 is 19.0 Å². The van der Waals surface area contributed by atoms with Crippen LogP contribution in [0.2, 0.25) is 0 Å². The second kappa shape index (κ2) is 12.1. The lowest BCUT2D eigenvalue weighted by Gasteiger charge is -2.12. The Morgan fingerprint density at radius 2 is 1.65 bits per heavy atom. The predicted molar refractivity (Wildman–Crippen MR) is 144 cm³/mol. The van der Waals surface area contributed by atoms with Crippen LogP contribution in [0, 0.1) is 6.92 Å². The van der Waals surface area contributed by atoms with E-state index in [9.17, 15) is 4.79 Å². The molecule has 4 aromatic rings. The topological polar surface area (TPSA) is 99.9 Å². The molecule has 1 amide bonds. The van der Waals surface area contributed by atoms with Crippen molar-refractivity contribution in [2.75, 3.05) is 27.1 Å². The quantitative estimate of drug-likeness (QED) is 0.188. The molecule has 9 nitrogen and oxygen atoms in total. The highest BCUT2D eigenvalue weighted by molar-refractivity contribution is 7.99. The Balaban J connectivity index is 1.48. The number of amides is 1. The first kappa shape index (κ1) is 25.8. The molecule has 0 atom stereocenters. The molecule has 3 aromatic carbocycles. The van der Waals surface area contributed by atoms with Gasteiger partial charge in [0.2, 0.25) is 5.75 Å². The first-order valence-corrected chi connectivity index (χ1v) is 12.3. The van der Waals surface area contributed by atoms with Crippen LogP contribution in [-0.4, -0.2) is 54.0 Å². The minimum absolute atomic E-state index is 0.103. The molecule has 37 heavy (non-hydrogen) atoms. The maximum absolute atomic E-state index is 12.5. The van der Waals surface area contributed by atoms with Gasteiger partial charge in [0.1, 0.15) is 0 Å². The average molecular weight is 518 g/mol. The van der Waals surface area contributed by atoms with E-state index in [1.54, 1.807) is 12.1 Å². The van der Waals surface area contributed by atoms with Gasteiger partial charge in [-0.3, -0.25) is 9.36 Å². The molecule has 0 fully saturated rings. The number of hydrogen-bond donors (Lipinski definition) is 1. The Morgan fingerprint density at radius 3 is 2.27 bits per heavy atom. The van der Waals surface area contributed by atoms with E-state index in [2.05, 4.69) is 20.7 Å². The predicted octanol–water partition coefficient (Wildman–Crippen LogP) is 4.51. The molecule has 0 unspecified atom stereocenters. The Hall–Kier alpha value is -4.31. The van der Waals surface area contributed by atoms with Crippen molar-refractivity contribution >= 4 is 23.9 Å². The number of benzene rings is 3.